The van der Waals surface area contributed by atoms with Crippen LogP contribution < -0.4 is 10.6 Å². The minimum atomic E-state index is 0.135. The number of hydrogen-bond donors (Lipinski definition) is 2. The fraction of sp³-hybridized carbons (Fsp3) is 0.583. The maximum Gasteiger partial charge on any atom is 0.220 e. The Morgan fingerprint density at radius 1 is 1.24 bits per heavy atom. The Labute approximate surface area is 174 Å². The van der Waals surface area contributed by atoms with Crippen LogP contribution in [-0.2, 0) is 16.6 Å². The number of nitrogens with one attached hydrogen (secondary N) is 2. The van der Waals surface area contributed by atoms with Crippen molar-refractivity contribution in [1.29, 1.82) is 0 Å². The molecule has 1 aromatic carbocycles. The SMILES string of the molecule is CC(C)NC(=O)CC1CCNCC1Cc1cc(-c2ccc(C(C)(C)C)cc2)on1. The first kappa shape index (κ1) is 21.6. The molecule has 2 aromatic rings. The van der Waals surface area contributed by atoms with Crippen LogP contribution in [0.3, 0.4) is 0 Å². The van der Waals surface area contributed by atoms with Gasteiger partial charge in [0.25, 0.3) is 0 Å². The molecular formula is C24H35N3O2. The lowest BCUT2D eigenvalue weighted by Gasteiger charge is -2.31. The Morgan fingerprint density at radius 2 is 1.97 bits per heavy atom. The largest absolute Gasteiger partial charge is 0.356 e. The van der Waals surface area contributed by atoms with Gasteiger partial charge in [0.15, 0.2) is 5.76 Å². The maximum atomic E-state index is 12.2. The van der Waals surface area contributed by atoms with Gasteiger partial charge < -0.3 is 15.2 Å². The van der Waals surface area contributed by atoms with Crippen molar-refractivity contribution in [1.82, 2.24) is 15.8 Å². The molecule has 2 heterocycles. The predicted molar refractivity (Wildman–Crippen MR) is 117 cm³/mol. The Hall–Kier alpha value is -2.14. The number of amides is 1. The average molecular weight is 398 g/mol. The molecule has 158 valence electrons. The van der Waals surface area contributed by atoms with Crippen LogP contribution in [0.1, 0.15) is 58.7 Å². The molecule has 29 heavy (non-hydrogen) atoms. The first-order valence-corrected chi connectivity index (χ1v) is 10.8. The third kappa shape index (κ3) is 5.92. The fourth-order valence-corrected chi connectivity index (χ4v) is 4.05. The van der Waals surface area contributed by atoms with Gasteiger partial charge in [-0.25, -0.2) is 0 Å². The fourth-order valence-electron chi connectivity index (χ4n) is 4.05. The van der Waals surface area contributed by atoms with Crippen molar-refractivity contribution in [3.63, 3.8) is 0 Å². The summed E-state index contributed by atoms with van der Waals surface area (Å²) in [7, 11) is 0. The van der Waals surface area contributed by atoms with E-state index in [9.17, 15) is 4.79 Å². The quantitative estimate of drug-likeness (QED) is 0.762. The van der Waals surface area contributed by atoms with Crippen molar-refractivity contribution in [2.24, 2.45) is 11.8 Å². The molecule has 3 rings (SSSR count). The molecule has 0 bridgehead atoms. The maximum absolute atomic E-state index is 12.2. The van der Waals surface area contributed by atoms with Gasteiger partial charge in [-0.15, -0.1) is 0 Å². The summed E-state index contributed by atoms with van der Waals surface area (Å²) in [6.07, 6.45) is 2.44. The topological polar surface area (TPSA) is 67.2 Å². The lowest BCUT2D eigenvalue weighted by atomic mass is 9.81. The van der Waals surface area contributed by atoms with E-state index in [1.165, 1.54) is 5.56 Å². The van der Waals surface area contributed by atoms with Crippen molar-refractivity contribution < 1.29 is 9.32 Å². The summed E-state index contributed by atoms with van der Waals surface area (Å²) in [5, 5.41) is 10.8. The van der Waals surface area contributed by atoms with Crippen LogP contribution in [0.4, 0.5) is 0 Å². The molecule has 0 spiro atoms. The van der Waals surface area contributed by atoms with E-state index >= 15 is 0 Å². The number of carbonyl (C=O) groups excluding carboxylic acids is 1. The molecule has 2 unspecified atom stereocenters. The molecule has 5 heteroatoms. The number of benzene rings is 1. The highest BCUT2D eigenvalue weighted by molar-refractivity contribution is 5.76. The Morgan fingerprint density at radius 3 is 2.62 bits per heavy atom. The third-order valence-electron chi connectivity index (χ3n) is 5.73. The highest BCUT2D eigenvalue weighted by Gasteiger charge is 2.28. The Kier molecular flexibility index (Phi) is 6.78. The molecule has 1 aromatic heterocycles. The Balaban J connectivity index is 1.65. The van der Waals surface area contributed by atoms with Crippen molar-refractivity contribution in [3.05, 3.63) is 41.6 Å². The van der Waals surface area contributed by atoms with Gasteiger partial charge in [0.1, 0.15) is 0 Å². The molecule has 1 aliphatic heterocycles. The minimum absolute atomic E-state index is 0.135. The smallest absolute Gasteiger partial charge is 0.220 e. The van der Waals surface area contributed by atoms with Crippen LogP contribution in [-0.4, -0.2) is 30.2 Å². The molecule has 0 aliphatic carbocycles. The summed E-state index contributed by atoms with van der Waals surface area (Å²) >= 11 is 0. The van der Waals surface area contributed by atoms with E-state index in [4.69, 9.17) is 4.52 Å². The molecule has 2 atom stereocenters. The summed E-state index contributed by atoms with van der Waals surface area (Å²) < 4.78 is 5.64. The van der Waals surface area contributed by atoms with E-state index in [2.05, 4.69) is 60.8 Å². The van der Waals surface area contributed by atoms with Crippen molar-refractivity contribution in [2.75, 3.05) is 13.1 Å². The first-order valence-electron chi connectivity index (χ1n) is 10.8. The lowest BCUT2D eigenvalue weighted by molar-refractivity contribution is -0.123. The van der Waals surface area contributed by atoms with Crippen molar-refractivity contribution in [3.8, 4) is 11.3 Å². The van der Waals surface area contributed by atoms with E-state index in [1.807, 2.05) is 19.9 Å². The van der Waals surface area contributed by atoms with Gasteiger partial charge in [-0.2, -0.15) is 0 Å². The van der Waals surface area contributed by atoms with Gasteiger partial charge in [0, 0.05) is 24.1 Å². The van der Waals surface area contributed by atoms with Crippen LogP contribution >= 0.6 is 0 Å². The van der Waals surface area contributed by atoms with E-state index < -0.39 is 0 Å². The molecule has 2 N–H and O–H groups in total. The number of piperidine rings is 1. The molecule has 5 nitrogen and oxygen atoms in total. The third-order valence-corrected chi connectivity index (χ3v) is 5.73. The summed E-state index contributed by atoms with van der Waals surface area (Å²) in [5.41, 5.74) is 3.45. The number of hydrogen-bond acceptors (Lipinski definition) is 4. The normalized spacial score (nSPS) is 20.1. The molecule has 1 fully saturated rings. The highest BCUT2D eigenvalue weighted by atomic mass is 16.5. The number of rotatable bonds is 6. The van der Waals surface area contributed by atoms with Crippen LogP contribution in [0.15, 0.2) is 34.9 Å². The van der Waals surface area contributed by atoms with Crippen LogP contribution in [0, 0.1) is 11.8 Å². The molecule has 1 amide bonds. The average Bonchev–Trinajstić information content (AvgIpc) is 3.10. The van der Waals surface area contributed by atoms with Gasteiger partial charge in [0.05, 0.1) is 5.69 Å². The standard InChI is InChI=1S/C24H35N3O2/c1-16(2)26-23(28)13-18-10-11-25-15-19(18)12-21-14-22(29-27-21)17-6-8-20(9-7-17)24(3,4)5/h6-9,14,16,18-19,25H,10-13,15H2,1-5H3,(H,26,28). The van der Waals surface area contributed by atoms with E-state index in [-0.39, 0.29) is 17.4 Å². The van der Waals surface area contributed by atoms with Gasteiger partial charge in [-0.05, 0) is 62.6 Å². The zero-order chi connectivity index (χ0) is 21.0. The summed E-state index contributed by atoms with van der Waals surface area (Å²) in [4.78, 5) is 12.2. The minimum Gasteiger partial charge on any atom is -0.356 e. The monoisotopic (exact) mass is 397 g/mol. The van der Waals surface area contributed by atoms with Gasteiger partial charge in [-0.3, -0.25) is 4.79 Å². The predicted octanol–water partition coefficient (Wildman–Crippen LogP) is 4.32. The summed E-state index contributed by atoms with van der Waals surface area (Å²) in [5.74, 6) is 1.72. The zero-order valence-corrected chi connectivity index (χ0v) is 18.4. The number of carbonyl (C=O) groups is 1. The second-order valence-electron chi connectivity index (χ2n) is 9.65. The number of aromatic nitrogens is 1. The molecular weight excluding hydrogens is 362 g/mol. The van der Waals surface area contributed by atoms with Crippen molar-refractivity contribution in [2.45, 2.75) is 65.3 Å². The second kappa shape index (κ2) is 9.12. The van der Waals surface area contributed by atoms with Gasteiger partial charge in [0.2, 0.25) is 5.91 Å². The number of nitrogens with zero attached hydrogens (tertiary/aromatic N) is 1. The summed E-state index contributed by atoms with van der Waals surface area (Å²) in [6, 6.07) is 10.8. The van der Waals surface area contributed by atoms with Gasteiger partial charge >= 0.3 is 0 Å². The highest BCUT2D eigenvalue weighted by Crippen LogP contribution is 2.29. The molecule has 0 radical (unpaired) electrons. The van der Waals surface area contributed by atoms with Gasteiger partial charge in [-0.1, -0.05) is 50.2 Å². The van der Waals surface area contributed by atoms with Crippen LogP contribution in [0.2, 0.25) is 0 Å². The molecule has 1 saturated heterocycles. The van der Waals surface area contributed by atoms with Crippen molar-refractivity contribution >= 4 is 5.91 Å². The molecule has 0 saturated carbocycles. The van der Waals surface area contributed by atoms with E-state index in [0.29, 0.717) is 18.3 Å². The second-order valence-corrected chi connectivity index (χ2v) is 9.65. The zero-order valence-electron chi connectivity index (χ0n) is 18.4. The Bertz CT molecular complexity index is 802. The molecule has 1 aliphatic rings. The van der Waals surface area contributed by atoms with Crippen LogP contribution in [0.5, 0.6) is 0 Å². The van der Waals surface area contributed by atoms with Crippen LogP contribution in [0.25, 0.3) is 11.3 Å². The van der Waals surface area contributed by atoms with E-state index in [1.54, 1.807) is 0 Å². The first-order chi connectivity index (χ1) is 13.7. The lowest BCUT2D eigenvalue weighted by Crippen LogP contribution is -2.41. The van der Waals surface area contributed by atoms with E-state index in [0.717, 1.165) is 42.9 Å². The summed E-state index contributed by atoms with van der Waals surface area (Å²) in [6.45, 7) is 12.5.